The van der Waals surface area contributed by atoms with Crippen molar-refractivity contribution in [3.05, 3.63) is 41.7 Å². The summed E-state index contributed by atoms with van der Waals surface area (Å²) < 4.78 is 21.3. The number of hydrogen-bond donors (Lipinski definition) is 1. The second-order valence-corrected chi connectivity index (χ2v) is 5.75. The number of aromatic nitrogens is 1. The normalized spacial score (nSPS) is 11.7. The Morgan fingerprint density at radius 2 is 2.09 bits per heavy atom. The number of carbonyl (C=O) groups is 2. The molecule has 22 heavy (non-hydrogen) atoms. The molecule has 1 N–H and O–H groups in total. The summed E-state index contributed by atoms with van der Waals surface area (Å²) in [5.41, 5.74) is 0.174. The molecule has 0 radical (unpaired) electrons. The van der Waals surface area contributed by atoms with Crippen LogP contribution in [0.4, 0.5) is 5.82 Å². The van der Waals surface area contributed by atoms with Crippen LogP contribution in [0.2, 0.25) is 0 Å². The lowest BCUT2D eigenvalue weighted by atomic mass is 10.2. The highest BCUT2D eigenvalue weighted by Gasteiger charge is 2.16. The summed E-state index contributed by atoms with van der Waals surface area (Å²) in [7, 11) is -1.33. The summed E-state index contributed by atoms with van der Waals surface area (Å²) in [6.07, 6.45) is 1.46. The Morgan fingerprint density at radius 1 is 1.36 bits per heavy atom. The van der Waals surface area contributed by atoms with Gasteiger partial charge in [-0.2, -0.15) is 0 Å². The second-order valence-electron chi connectivity index (χ2n) is 4.40. The van der Waals surface area contributed by atoms with Gasteiger partial charge in [-0.1, -0.05) is 17.3 Å². The van der Waals surface area contributed by atoms with Gasteiger partial charge in [0.05, 0.1) is 21.3 Å². The van der Waals surface area contributed by atoms with Crippen molar-refractivity contribution in [3.63, 3.8) is 0 Å². The van der Waals surface area contributed by atoms with Gasteiger partial charge >= 0.3 is 5.97 Å². The summed E-state index contributed by atoms with van der Waals surface area (Å²) >= 11 is 0. The average Bonchev–Trinajstić information content (AvgIpc) is 2.89. The number of amides is 1. The fraction of sp³-hybridized carbons (Fsp3) is 0.214. The zero-order chi connectivity index (χ0) is 16.1. The molecule has 0 fully saturated rings. The van der Waals surface area contributed by atoms with Crippen molar-refractivity contribution in [3.8, 4) is 0 Å². The molecule has 0 bridgehead atoms. The maximum atomic E-state index is 12.0. The van der Waals surface area contributed by atoms with E-state index in [0.29, 0.717) is 10.7 Å². The number of nitrogens with zero attached hydrogens (tertiary/aromatic N) is 1. The molecule has 1 heterocycles. The van der Waals surface area contributed by atoms with Gasteiger partial charge in [-0.25, -0.2) is 4.79 Å². The Kier molecular flexibility index (Phi) is 5.05. The molecule has 2 rings (SSSR count). The van der Waals surface area contributed by atoms with E-state index in [0.717, 1.165) is 0 Å². The molecule has 8 heteroatoms. The topological polar surface area (TPSA) is 98.5 Å². The lowest BCUT2D eigenvalue weighted by Gasteiger charge is -2.07. The molecular weight excluding hydrogens is 308 g/mol. The number of benzene rings is 1. The van der Waals surface area contributed by atoms with Gasteiger partial charge in [0.2, 0.25) is 0 Å². The SMILES string of the molecule is Cc1cc(NC(=O)COC(=O)c2ccccc2[S@](C)=O)no1. The molecule has 0 saturated heterocycles. The summed E-state index contributed by atoms with van der Waals surface area (Å²) in [5.74, 6) is -0.464. The van der Waals surface area contributed by atoms with Crippen LogP contribution in [0.25, 0.3) is 0 Å². The highest BCUT2D eigenvalue weighted by atomic mass is 32.2. The summed E-state index contributed by atoms with van der Waals surface area (Å²) in [4.78, 5) is 24.0. The third-order valence-electron chi connectivity index (χ3n) is 2.65. The summed E-state index contributed by atoms with van der Waals surface area (Å²) in [5, 5.41) is 6.02. The van der Waals surface area contributed by atoms with Crippen molar-refractivity contribution in [1.82, 2.24) is 5.16 Å². The largest absolute Gasteiger partial charge is 0.452 e. The van der Waals surface area contributed by atoms with Crippen LogP contribution in [0.5, 0.6) is 0 Å². The Bertz CT molecular complexity index is 726. The number of hydrogen-bond acceptors (Lipinski definition) is 6. The van der Waals surface area contributed by atoms with E-state index in [1.807, 2.05) is 0 Å². The van der Waals surface area contributed by atoms with Crippen molar-refractivity contribution in [1.29, 1.82) is 0 Å². The maximum Gasteiger partial charge on any atom is 0.339 e. The van der Waals surface area contributed by atoms with Crippen molar-refractivity contribution >= 4 is 28.5 Å². The van der Waals surface area contributed by atoms with E-state index in [1.165, 1.54) is 18.4 Å². The third kappa shape index (κ3) is 4.01. The quantitative estimate of drug-likeness (QED) is 0.838. The molecule has 0 saturated carbocycles. The van der Waals surface area contributed by atoms with Crippen LogP contribution in [0.3, 0.4) is 0 Å². The van der Waals surface area contributed by atoms with Gasteiger partial charge < -0.3 is 14.6 Å². The monoisotopic (exact) mass is 322 g/mol. The van der Waals surface area contributed by atoms with Gasteiger partial charge in [-0.05, 0) is 19.1 Å². The minimum atomic E-state index is -1.33. The standard InChI is InChI=1S/C14H14N2O5S/c1-9-7-12(16-21-9)15-13(17)8-20-14(18)10-5-3-4-6-11(10)22(2)19/h3-7H,8H2,1-2H3,(H,15,16,17)/t22-/m0/s1. The van der Waals surface area contributed by atoms with E-state index in [4.69, 9.17) is 9.26 Å². The smallest absolute Gasteiger partial charge is 0.339 e. The van der Waals surface area contributed by atoms with Crippen LogP contribution in [0, 0.1) is 6.92 Å². The minimum absolute atomic E-state index is 0.174. The van der Waals surface area contributed by atoms with E-state index < -0.39 is 29.3 Å². The van der Waals surface area contributed by atoms with E-state index in [-0.39, 0.29) is 11.4 Å². The molecule has 0 aliphatic rings. The van der Waals surface area contributed by atoms with Crippen LogP contribution < -0.4 is 5.32 Å². The van der Waals surface area contributed by atoms with E-state index in [9.17, 15) is 13.8 Å². The molecule has 1 aromatic carbocycles. The van der Waals surface area contributed by atoms with Gasteiger partial charge in [-0.3, -0.25) is 9.00 Å². The molecule has 7 nitrogen and oxygen atoms in total. The van der Waals surface area contributed by atoms with Gasteiger partial charge in [0.1, 0.15) is 5.76 Å². The number of aryl methyl sites for hydroxylation is 1. The van der Waals surface area contributed by atoms with Crippen LogP contribution in [0.15, 0.2) is 39.8 Å². The lowest BCUT2D eigenvalue weighted by molar-refractivity contribution is -0.119. The zero-order valence-electron chi connectivity index (χ0n) is 12.0. The Hall–Kier alpha value is -2.48. The average molecular weight is 322 g/mol. The van der Waals surface area contributed by atoms with Gasteiger partial charge in [0, 0.05) is 12.3 Å². The lowest BCUT2D eigenvalue weighted by Crippen LogP contribution is -2.21. The van der Waals surface area contributed by atoms with Crippen molar-refractivity contribution < 1.29 is 23.1 Å². The number of esters is 1. The van der Waals surface area contributed by atoms with Crippen LogP contribution >= 0.6 is 0 Å². The van der Waals surface area contributed by atoms with Crippen LogP contribution in [-0.4, -0.2) is 34.1 Å². The Balaban J connectivity index is 1.95. The molecule has 0 aliphatic heterocycles. The zero-order valence-corrected chi connectivity index (χ0v) is 12.8. The van der Waals surface area contributed by atoms with E-state index in [2.05, 4.69) is 10.5 Å². The molecule has 1 aromatic heterocycles. The van der Waals surface area contributed by atoms with Crippen molar-refractivity contribution in [2.75, 3.05) is 18.2 Å². The molecule has 1 amide bonds. The first-order chi connectivity index (χ1) is 10.5. The Morgan fingerprint density at radius 3 is 2.73 bits per heavy atom. The molecule has 0 unspecified atom stereocenters. The van der Waals surface area contributed by atoms with Gasteiger partial charge in [-0.15, -0.1) is 0 Å². The van der Waals surface area contributed by atoms with E-state index >= 15 is 0 Å². The number of ether oxygens (including phenoxy) is 1. The first kappa shape index (κ1) is 15.9. The summed E-state index contributed by atoms with van der Waals surface area (Å²) in [6, 6.07) is 7.91. The highest BCUT2D eigenvalue weighted by Crippen LogP contribution is 2.14. The third-order valence-corrected chi connectivity index (χ3v) is 3.62. The molecule has 0 aliphatic carbocycles. The number of carbonyl (C=O) groups excluding carboxylic acids is 2. The molecule has 1 atom stereocenters. The highest BCUT2D eigenvalue weighted by molar-refractivity contribution is 7.84. The molecule has 2 aromatic rings. The van der Waals surface area contributed by atoms with E-state index in [1.54, 1.807) is 25.1 Å². The molecule has 0 spiro atoms. The van der Waals surface area contributed by atoms with Crippen molar-refractivity contribution in [2.45, 2.75) is 11.8 Å². The Labute approximate surface area is 129 Å². The van der Waals surface area contributed by atoms with Gasteiger partial charge in [0.25, 0.3) is 5.91 Å². The fourth-order valence-corrected chi connectivity index (χ4v) is 2.43. The van der Waals surface area contributed by atoms with Crippen molar-refractivity contribution in [2.24, 2.45) is 0 Å². The van der Waals surface area contributed by atoms with Crippen LogP contribution in [-0.2, 0) is 20.3 Å². The minimum Gasteiger partial charge on any atom is -0.452 e. The first-order valence-electron chi connectivity index (χ1n) is 6.30. The number of anilines is 1. The predicted molar refractivity (Wildman–Crippen MR) is 78.9 cm³/mol. The maximum absolute atomic E-state index is 12.0. The molecular formula is C14H14N2O5S. The number of rotatable bonds is 5. The van der Waals surface area contributed by atoms with Crippen LogP contribution in [0.1, 0.15) is 16.1 Å². The number of nitrogens with one attached hydrogen (secondary N) is 1. The summed E-state index contributed by atoms with van der Waals surface area (Å²) in [6.45, 7) is 1.21. The second kappa shape index (κ2) is 6.99. The fourth-order valence-electron chi connectivity index (χ4n) is 1.70. The predicted octanol–water partition coefficient (Wildman–Crippen LogP) is 1.52. The van der Waals surface area contributed by atoms with Gasteiger partial charge in [0.15, 0.2) is 12.4 Å². The first-order valence-corrected chi connectivity index (χ1v) is 7.86. The molecule has 116 valence electrons.